The van der Waals surface area contributed by atoms with Crippen LogP contribution in [0.15, 0.2) is 63.9 Å². The van der Waals surface area contributed by atoms with Crippen LogP contribution in [0.2, 0.25) is 0 Å². The van der Waals surface area contributed by atoms with Gasteiger partial charge in [-0.2, -0.15) is 10.2 Å². The van der Waals surface area contributed by atoms with Gasteiger partial charge in [0.05, 0.1) is 22.5 Å². The fourth-order valence-corrected chi connectivity index (χ4v) is 3.90. The second kappa shape index (κ2) is 8.47. The molecule has 0 aliphatic carbocycles. The first-order valence-corrected chi connectivity index (χ1v) is 10.8. The largest absolute Gasteiger partial charge is 0.324 e. The number of benzene rings is 2. The predicted octanol–water partition coefficient (Wildman–Crippen LogP) is 4.55. The molecule has 0 spiro atoms. The molecule has 31 heavy (non-hydrogen) atoms. The van der Waals surface area contributed by atoms with Crippen molar-refractivity contribution >= 4 is 38.4 Å². The summed E-state index contributed by atoms with van der Waals surface area (Å²) in [5, 5.41) is 12.4. The van der Waals surface area contributed by atoms with E-state index in [0.717, 1.165) is 10.2 Å². The molecule has 0 radical (unpaired) electrons. The normalized spacial score (nSPS) is 12.1. The van der Waals surface area contributed by atoms with E-state index in [2.05, 4.69) is 31.4 Å². The number of hydrogen-bond acceptors (Lipinski definition) is 4. The molecule has 0 saturated carbocycles. The lowest BCUT2D eigenvalue weighted by Crippen LogP contribution is -2.35. The summed E-state index contributed by atoms with van der Waals surface area (Å²) in [6, 6.07) is 16.2. The molecular formula is C23H22BrN5O2. The average molecular weight is 480 g/mol. The first kappa shape index (κ1) is 21.0. The average Bonchev–Trinajstić information content (AvgIpc) is 3.12. The lowest BCUT2D eigenvalue weighted by Gasteiger charge is -2.17. The summed E-state index contributed by atoms with van der Waals surface area (Å²) in [4.78, 5) is 26.4. The summed E-state index contributed by atoms with van der Waals surface area (Å²) in [6.07, 6.45) is 0.423. The number of rotatable bonds is 5. The van der Waals surface area contributed by atoms with E-state index in [9.17, 15) is 9.59 Å². The maximum Gasteiger partial charge on any atom is 0.278 e. The molecule has 2 aromatic heterocycles. The van der Waals surface area contributed by atoms with Crippen LogP contribution in [0, 0.1) is 13.8 Å². The second-order valence-electron chi connectivity index (χ2n) is 7.31. The Morgan fingerprint density at radius 3 is 2.39 bits per heavy atom. The third-order valence-electron chi connectivity index (χ3n) is 5.24. The summed E-state index contributed by atoms with van der Waals surface area (Å²) in [7, 11) is 0. The number of nitrogens with zero attached hydrogens (tertiary/aromatic N) is 4. The van der Waals surface area contributed by atoms with Crippen LogP contribution < -0.4 is 10.9 Å². The standard InChI is InChI=1S/C23H22BrN5O2/c1-4-19(22(30)25-17-12-10-16(24)11-13-17)29-23(31)20-15(3)28(18-8-6-5-7-9-18)27-21(20)14(2)26-29/h5-13,19H,4H2,1-3H3,(H,25,30)/t19-/m0/s1. The number of aryl methyl sites for hydroxylation is 2. The van der Waals surface area contributed by atoms with Crippen LogP contribution in [0.25, 0.3) is 16.6 Å². The maximum absolute atomic E-state index is 13.4. The van der Waals surface area contributed by atoms with Gasteiger partial charge in [-0.15, -0.1) is 0 Å². The second-order valence-corrected chi connectivity index (χ2v) is 8.23. The molecule has 0 aliphatic heterocycles. The summed E-state index contributed by atoms with van der Waals surface area (Å²) in [5.74, 6) is -0.286. The molecule has 8 heteroatoms. The molecular weight excluding hydrogens is 458 g/mol. The number of aromatic nitrogens is 4. The monoisotopic (exact) mass is 479 g/mol. The third kappa shape index (κ3) is 3.90. The molecule has 0 unspecified atom stereocenters. The van der Waals surface area contributed by atoms with E-state index < -0.39 is 6.04 Å². The Morgan fingerprint density at radius 2 is 1.74 bits per heavy atom. The van der Waals surface area contributed by atoms with Gasteiger partial charge in [0.25, 0.3) is 5.56 Å². The Morgan fingerprint density at radius 1 is 1.06 bits per heavy atom. The quantitative estimate of drug-likeness (QED) is 0.455. The van der Waals surface area contributed by atoms with Gasteiger partial charge in [-0.1, -0.05) is 41.1 Å². The molecule has 7 nitrogen and oxygen atoms in total. The molecule has 4 aromatic rings. The van der Waals surface area contributed by atoms with Crippen molar-refractivity contribution in [3.63, 3.8) is 0 Å². The smallest absolute Gasteiger partial charge is 0.278 e. The molecule has 0 saturated heterocycles. The van der Waals surface area contributed by atoms with Gasteiger partial charge in [-0.05, 0) is 56.7 Å². The molecule has 0 aliphatic rings. The summed E-state index contributed by atoms with van der Waals surface area (Å²) >= 11 is 3.38. The molecule has 0 fully saturated rings. The Labute approximate surface area is 187 Å². The van der Waals surface area contributed by atoms with Crippen LogP contribution in [-0.4, -0.2) is 25.5 Å². The SMILES string of the molecule is CC[C@@H](C(=O)Nc1ccc(Br)cc1)n1nc(C)c2nn(-c3ccccc3)c(C)c2c1=O. The van der Waals surface area contributed by atoms with Crippen molar-refractivity contribution in [1.82, 2.24) is 19.6 Å². The first-order valence-electron chi connectivity index (χ1n) is 10.0. The van der Waals surface area contributed by atoms with Crippen molar-refractivity contribution in [3.05, 3.63) is 80.8 Å². The zero-order valence-electron chi connectivity index (χ0n) is 17.5. The van der Waals surface area contributed by atoms with Crippen molar-refractivity contribution in [2.24, 2.45) is 0 Å². The van der Waals surface area contributed by atoms with Crippen LogP contribution in [0.4, 0.5) is 5.69 Å². The van der Waals surface area contributed by atoms with Crippen LogP contribution in [0.5, 0.6) is 0 Å². The molecule has 1 atom stereocenters. The molecule has 4 rings (SSSR count). The highest BCUT2D eigenvalue weighted by Gasteiger charge is 2.25. The van der Waals surface area contributed by atoms with Crippen LogP contribution in [-0.2, 0) is 4.79 Å². The highest BCUT2D eigenvalue weighted by Crippen LogP contribution is 2.22. The number of anilines is 1. The van der Waals surface area contributed by atoms with Gasteiger partial charge in [-0.3, -0.25) is 9.59 Å². The lowest BCUT2D eigenvalue weighted by molar-refractivity contribution is -0.119. The highest BCUT2D eigenvalue weighted by atomic mass is 79.9. The van der Waals surface area contributed by atoms with E-state index in [1.54, 1.807) is 23.7 Å². The van der Waals surface area contributed by atoms with E-state index in [1.165, 1.54) is 4.68 Å². The number of amides is 1. The number of hydrogen-bond donors (Lipinski definition) is 1. The number of nitrogens with one attached hydrogen (secondary N) is 1. The Hall–Kier alpha value is -3.26. The fourth-order valence-electron chi connectivity index (χ4n) is 3.64. The van der Waals surface area contributed by atoms with Gasteiger partial charge in [-0.25, -0.2) is 9.36 Å². The van der Waals surface area contributed by atoms with Crippen molar-refractivity contribution in [2.45, 2.75) is 33.2 Å². The van der Waals surface area contributed by atoms with Crippen molar-refractivity contribution in [3.8, 4) is 5.69 Å². The van der Waals surface area contributed by atoms with Crippen molar-refractivity contribution in [2.75, 3.05) is 5.32 Å². The minimum absolute atomic E-state index is 0.286. The Bertz CT molecular complexity index is 1310. The zero-order chi connectivity index (χ0) is 22.1. The summed E-state index contributed by atoms with van der Waals surface area (Å²) in [6.45, 7) is 5.52. The van der Waals surface area contributed by atoms with E-state index in [0.29, 0.717) is 34.4 Å². The summed E-state index contributed by atoms with van der Waals surface area (Å²) < 4.78 is 3.95. The zero-order valence-corrected chi connectivity index (χ0v) is 19.0. The van der Waals surface area contributed by atoms with Gasteiger partial charge >= 0.3 is 0 Å². The number of carbonyl (C=O) groups excluding carboxylic acids is 1. The fraction of sp³-hybridized carbons (Fsp3) is 0.217. The predicted molar refractivity (Wildman–Crippen MR) is 125 cm³/mol. The molecule has 158 valence electrons. The van der Waals surface area contributed by atoms with E-state index in [1.807, 2.05) is 56.3 Å². The molecule has 2 heterocycles. The molecule has 1 amide bonds. The first-order chi connectivity index (χ1) is 14.9. The van der Waals surface area contributed by atoms with E-state index in [-0.39, 0.29) is 11.5 Å². The number of fused-ring (bicyclic) bond motifs is 1. The number of halogens is 1. The van der Waals surface area contributed by atoms with E-state index in [4.69, 9.17) is 0 Å². The van der Waals surface area contributed by atoms with Gasteiger partial charge in [0.15, 0.2) is 0 Å². The van der Waals surface area contributed by atoms with Gasteiger partial charge in [0.1, 0.15) is 11.6 Å². The Kier molecular flexibility index (Phi) is 5.73. The number of carbonyl (C=O) groups is 1. The van der Waals surface area contributed by atoms with Gasteiger partial charge < -0.3 is 5.32 Å². The number of para-hydroxylation sites is 1. The topological polar surface area (TPSA) is 81.8 Å². The maximum atomic E-state index is 13.4. The molecule has 1 N–H and O–H groups in total. The van der Waals surface area contributed by atoms with Crippen LogP contribution >= 0.6 is 15.9 Å². The van der Waals surface area contributed by atoms with Gasteiger partial charge in [0.2, 0.25) is 5.91 Å². The minimum atomic E-state index is -0.737. The highest BCUT2D eigenvalue weighted by molar-refractivity contribution is 9.10. The molecule has 2 aromatic carbocycles. The minimum Gasteiger partial charge on any atom is -0.324 e. The van der Waals surface area contributed by atoms with Gasteiger partial charge in [0, 0.05) is 10.2 Å². The van der Waals surface area contributed by atoms with Crippen LogP contribution in [0.1, 0.15) is 30.8 Å². The van der Waals surface area contributed by atoms with Crippen LogP contribution in [0.3, 0.4) is 0 Å². The molecule has 0 bridgehead atoms. The Balaban J connectivity index is 1.78. The van der Waals surface area contributed by atoms with Crippen molar-refractivity contribution in [1.29, 1.82) is 0 Å². The lowest BCUT2D eigenvalue weighted by atomic mass is 10.2. The third-order valence-corrected chi connectivity index (χ3v) is 5.76. The van der Waals surface area contributed by atoms with Crippen molar-refractivity contribution < 1.29 is 4.79 Å². The van der Waals surface area contributed by atoms with E-state index >= 15 is 0 Å². The summed E-state index contributed by atoms with van der Waals surface area (Å²) in [5.41, 5.74) is 3.06.